The third kappa shape index (κ3) is 3.59. The summed E-state index contributed by atoms with van der Waals surface area (Å²) < 4.78 is 0. The Kier molecular flexibility index (Phi) is 5.80. The number of Topliss-reactive ketones (excluding diaryl/α,β-unsaturated/α-hetero) is 1. The van der Waals surface area contributed by atoms with E-state index in [9.17, 15) is 19.5 Å². The minimum absolute atomic E-state index is 0.0164. The van der Waals surface area contributed by atoms with Crippen LogP contribution in [0.3, 0.4) is 0 Å². The van der Waals surface area contributed by atoms with E-state index in [1.807, 2.05) is 0 Å². The fourth-order valence-electron chi connectivity index (χ4n) is 11.4. The van der Waals surface area contributed by atoms with Crippen molar-refractivity contribution in [2.24, 2.45) is 56.2 Å². The van der Waals surface area contributed by atoms with Crippen molar-refractivity contribution >= 4 is 17.7 Å². The zero-order valence-electron chi connectivity index (χ0n) is 25.4. The number of aliphatic carboxylic acids is 1. The lowest BCUT2D eigenvalue weighted by molar-refractivity contribution is -0.195. The number of carboxylic acid groups (broad SMARTS) is 1. The van der Waals surface area contributed by atoms with Gasteiger partial charge in [0.1, 0.15) is 0 Å². The monoisotopic (exact) mass is 537 g/mol. The molecule has 6 aliphatic rings. The standard InChI is InChI=1S/C34H51NO4/c1-29(2)14-16-34(28(38)39)17-15-32(6)22(23(34)19-29)10-11-25-31(5)18-21(27(37)35-20-8-9-20)26(36)30(3,4)24(31)12-13-33(25,32)7/h10,20-21,23-25H,8-9,11-19H2,1-7H3,(H,35,37)(H,38,39)/t21?,23?,24?,25?,31-,32+,33+,34-/m0/s1. The fourth-order valence-corrected chi connectivity index (χ4v) is 11.4. The van der Waals surface area contributed by atoms with Gasteiger partial charge in [0.2, 0.25) is 5.91 Å². The first-order valence-corrected chi connectivity index (χ1v) is 15.8. The number of carbonyl (C=O) groups excluding carboxylic acids is 2. The molecule has 6 rings (SSSR count). The summed E-state index contributed by atoms with van der Waals surface area (Å²) in [7, 11) is 0. The zero-order chi connectivity index (χ0) is 28.4. The van der Waals surface area contributed by atoms with Crippen LogP contribution in [0.25, 0.3) is 0 Å². The lowest BCUT2D eigenvalue weighted by Gasteiger charge is -2.70. The van der Waals surface area contributed by atoms with Crippen LogP contribution in [0.4, 0.5) is 0 Å². The molecule has 0 aromatic carbocycles. The topological polar surface area (TPSA) is 83.5 Å². The average molecular weight is 538 g/mol. The summed E-state index contributed by atoms with van der Waals surface area (Å²) in [5, 5.41) is 13.8. The van der Waals surface area contributed by atoms with E-state index in [0.717, 1.165) is 64.2 Å². The van der Waals surface area contributed by atoms with Crippen molar-refractivity contribution in [2.45, 2.75) is 125 Å². The third-order valence-corrected chi connectivity index (χ3v) is 14.0. The maximum atomic E-state index is 13.8. The Morgan fingerprint density at radius 3 is 2.18 bits per heavy atom. The van der Waals surface area contributed by atoms with Gasteiger partial charge in [-0.1, -0.05) is 60.1 Å². The van der Waals surface area contributed by atoms with Crippen LogP contribution in [0.1, 0.15) is 119 Å². The molecule has 6 aliphatic carbocycles. The predicted octanol–water partition coefficient (Wildman–Crippen LogP) is 6.95. The van der Waals surface area contributed by atoms with Gasteiger partial charge >= 0.3 is 5.97 Å². The van der Waals surface area contributed by atoms with E-state index in [-0.39, 0.29) is 51.2 Å². The minimum atomic E-state index is -0.629. The highest BCUT2D eigenvalue weighted by molar-refractivity contribution is 6.04. The van der Waals surface area contributed by atoms with Gasteiger partial charge in [-0.3, -0.25) is 14.4 Å². The highest BCUT2D eigenvalue weighted by Gasteiger charge is 2.70. The molecule has 0 heterocycles. The highest BCUT2D eigenvalue weighted by atomic mass is 16.4. The number of ketones is 1. The number of rotatable bonds is 3. The molecule has 5 heteroatoms. The molecule has 0 aromatic heterocycles. The first-order valence-electron chi connectivity index (χ1n) is 15.8. The lowest BCUT2D eigenvalue weighted by Crippen LogP contribution is -2.66. The zero-order valence-corrected chi connectivity index (χ0v) is 25.4. The van der Waals surface area contributed by atoms with E-state index in [4.69, 9.17) is 0 Å². The maximum Gasteiger partial charge on any atom is 0.310 e. The first-order chi connectivity index (χ1) is 18.0. The predicted molar refractivity (Wildman–Crippen MR) is 152 cm³/mol. The van der Waals surface area contributed by atoms with Gasteiger partial charge < -0.3 is 10.4 Å². The molecule has 5 nitrogen and oxygen atoms in total. The molecular weight excluding hydrogens is 486 g/mol. The Balaban J connectivity index is 1.41. The summed E-state index contributed by atoms with van der Waals surface area (Å²) in [5.41, 5.74) is 0.271. The molecule has 0 aliphatic heterocycles. The van der Waals surface area contributed by atoms with E-state index < -0.39 is 22.7 Å². The molecule has 0 spiro atoms. The van der Waals surface area contributed by atoms with Gasteiger partial charge in [-0.2, -0.15) is 0 Å². The van der Waals surface area contributed by atoms with Crippen molar-refractivity contribution in [2.75, 3.05) is 0 Å². The Morgan fingerprint density at radius 1 is 0.872 bits per heavy atom. The summed E-state index contributed by atoms with van der Waals surface area (Å²) in [5.74, 6) is -0.336. The maximum absolute atomic E-state index is 13.8. The van der Waals surface area contributed by atoms with Crippen molar-refractivity contribution < 1.29 is 19.5 Å². The SMILES string of the molecule is CC1(C)CC[C@]2(C(=O)O)CC[C@]3(C)C(=CCC4[C@@]5(C)CC(C(=O)NC6CC6)C(=O)C(C)(C)C5CC[C@]43C)C2C1. The Morgan fingerprint density at radius 2 is 1.54 bits per heavy atom. The molecule has 8 atom stereocenters. The number of amides is 1. The number of carbonyl (C=O) groups is 3. The molecule has 1 amide bonds. The van der Waals surface area contributed by atoms with E-state index >= 15 is 0 Å². The normalized spacial score (nSPS) is 48.0. The molecule has 5 fully saturated rings. The van der Waals surface area contributed by atoms with Crippen LogP contribution in [0.2, 0.25) is 0 Å². The third-order valence-electron chi connectivity index (χ3n) is 14.0. The number of carboxylic acids is 1. The van der Waals surface area contributed by atoms with E-state index in [0.29, 0.717) is 12.3 Å². The molecular formula is C34H51NO4. The Hall–Kier alpha value is -1.65. The van der Waals surface area contributed by atoms with Crippen molar-refractivity contribution in [3.05, 3.63) is 11.6 Å². The molecule has 2 N–H and O–H groups in total. The molecule has 4 unspecified atom stereocenters. The van der Waals surface area contributed by atoms with Gasteiger partial charge in [-0.25, -0.2) is 0 Å². The van der Waals surface area contributed by atoms with Crippen LogP contribution in [0.15, 0.2) is 11.6 Å². The van der Waals surface area contributed by atoms with E-state index in [2.05, 4.69) is 59.9 Å². The second kappa shape index (κ2) is 8.22. The second-order valence-corrected chi connectivity index (χ2v) is 16.8. The number of allylic oxidation sites excluding steroid dienone is 2. The molecule has 0 bridgehead atoms. The van der Waals surface area contributed by atoms with Gasteiger partial charge in [0, 0.05) is 11.5 Å². The van der Waals surface area contributed by atoms with Crippen LogP contribution in [0.5, 0.6) is 0 Å². The molecule has 39 heavy (non-hydrogen) atoms. The van der Waals surface area contributed by atoms with Crippen molar-refractivity contribution in [3.8, 4) is 0 Å². The van der Waals surface area contributed by atoms with Crippen LogP contribution < -0.4 is 5.32 Å². The van der Waals surface area contributed by atoms with E-state index in [1.165, 1.54) is 5.57 Å². The van der Waals surface area contributed by atoms with Crippen molar-refractivity contribution in [3.63, 3.8) is 0 Å². The number of hydrogen-bond donors (Lipinski definition) is 2. The minimum Gasteiger partial charge on any atom is -0.481 e. The molecule has 0 saturated heterocycles. The van der Waals surface area contributed by atoms with Gasteiger partial charge in [0.15, 0.2) is 5.78 Å². The lowest BCUT2D eigenvalue weighted by atomic mass is 9.33. The van der Waals surface area contributed by atoms with Crippen molar-refractivity contribution in [1.82, 2.24) is 5.32 Å². The number of fused-ring (bicyclic) bond motifs is 7. The van der Waals surface area contributed by atoms with E-state index in [1.54, 1.807) is 0 Å². The van der Waals surface area contributed by atoms with Crippen LogP contribution in [-0.2, 0) is 14.4 Å². The van der Waals surface area contributed by atoms with Crippen LogP contribution in [-0.4, -0.2) is 28.8 Å². The summed E-state index contributed by atoms with van der Waals surface area (Å²) in [4.78, 5) is 40.1. The molecule has 0 aromatic rings. The summed E-state index contributed by atoms with van der Waals surface area (Å²) in [6.07, 6.45) is 12.6. The summed E-state index contributed by atoms with van der Waals surface area (Å²) >= 11 is 0. The van der Waals surface area contributed by atoms with Crippen LogP contribution in [0, 0.1) is 56.2 Å². The van der Waals surface area contributed by atoms with Crippen LogP contribution >= 0.6 is 0 Å². The largest absolute Gasteiger partial charge is 0.481 e. The van der Waals surface area contributed by atoms with Gasteiger partial charge in [-0.15, -0.1) is 0 Å². The molecule has 5 saturated carbocycles. The summed E-state index contributed by atoms with van der Waals surface area (Å²) in [6.45, 7) is 16.2. The van der Waals surface area contributed by atoms with Gasteiger partial charge in [0.05, 0.1) is 11.3 Å². The second-order valence-electron chi connectivity index (χ2n) is 16.8. The van der Waals surface area contributed by atoms with Gasteiger partial charge in [-0.05, 0) is 110 Å². The Bertz CT molecular complexity index is 1150. The number of nitrogens with one attached hydrogen (secondary N) is 1. The molecule has 0 radical (unpaired) electrons. The Labute approximate surface area is 235 Å². The highest BCUT2D eigenvalue weighted by Crippen LogP contribution is 2.75. The average Bonchev–Trinajstić information content (AvgIpc) is 3.65. The quantitative estimate of drug-likeness (QED) is 0.301. The summed E-state index contributed by atoms with van der Waals surface area (Å²) in [6, 6.07) is 0.256. The number of hydrogen-bond acceptors (Lipinski definition) is 3. The smallest absolute Gasteiger partial charge is 0.310 e. The molecule has 216 valence electrons. The van der Waals surface area contributed by atoms with Crippen molar-refractivity contribution in [1.29, 1.82) is 0 Å². The first kappa shape index (κ1) is 27.5. The fraction of sp³-hybridized carbons (Fsp3) is 0.853. The van der Waals surface area contributed by atoms with Gasteiger partial charge in [0.25, 0.3) is 0 Å².